The Balaban J connectivity index is 1.44. The normalized spacial score (nSPS) is 47.5. The number of hydrogen-bond acceptors (Lipinski definition) is 1. The van der Waals surface area contributed by atoms with Gasteiger partial charge in [0.2, 0.25) is 0 Å². The predicted octanol–water partition coefficient (Wildman–Crippen LogP) is 4.53. The summed E-state index contributed by atoms with van der Waals surface area (Å²) in [5.41, 5.74) is 0.575. The van der Waals surface area contributed by atoms with Crippen LogP contribution in [0.25, 0.3) is 0 Å². The zero-order valence-electron chi connectivity index (χ0n) is 12.3. The van der Waals surface area contributed by atoms with Crippen LogP contribution in [-0.2, 0) is 0 Å². The largest absolute Gasteiger partial charge is 0.393 e. The highest BCUT2D eigenvalue weighted by Gasteiger charge is 2.51. The minimum atomic E-state index is 0.0246. The molecule has 5 aliphatic carbocycles. The number of aliphatic hydroxyl groups excluding tert-OH is 1. The smallest absolute Gasteiger partial charge is 0.0573 e. The van der Waals surface area contributed by atoms with Gasteiger partial charge in [-0.25, -0.2) is 0 Å². The number of rotatable bonds is 3. The molecule has 1 atom stereocenters. The molecule has 1 N–H and O–H groups in total. The van der Waals surface area contributed by atoms with Crippen molar-refractivity contribution in [2.45, 2.75) is 83.2 Å². The molecule has 0 aromatic rings. The van der Waals surface area contributed by atoms with Crippen LogP contribution >= 0.6 is 0 Å². The molecule has 0 amide bonds. The van der Waals surface area contributed by atoms with Crippen molar-refractivity contribution in [2.24, 2.45) is 29.1 Å². The van der Waals surface area contributed by atoms with Crippen LogP contribution in [0.2, 0.25) is 0 Å². The lowest BCUT2D eigenvalue weighted by molar-refractivity contribution is -0.0854. The molecule has 108 valence electrons. The fourth-order valence-electron chi connectivity index (χ4n) is 6.67. The Morgan fingerprint density at radius 2 is 1.37 bits per heavy atom. The zero-order chi connectivity index (χ0) is 12.9. The summed E-state index contributed by atoms with van der Waals surface area (Å²) < 4.78 is 0. The summed E-state index contributed by atoms with van der Waals surface area (Å²) in [6.45, 7) is 0. The molecule has 19 heavy (non-hydrogen) atoms. The van der Waals surface area contributed by atoms with Gasteiger partial charge in [-0.05, 0) is 86.9 Å². The van der Waals surface area contributed by atoms with Crippen LogP contribution in [-0.4, -0.2) is 11.2 Å². The van der Waals surface area contributed by atoms with E-state index in [1.165, 1.54) is 70.6 Å². The molecule has 0 saturated heterocycles. The van der Waals surface area contributed by atoms with Gasteiger partial charge in [-0.3, -0.25) is 0 Å². The first-order valence-electron chi connectivity index (χ1n) is 8.90. The lowest BCUT2D eigenvalue weighted by Crippen LogP contribution is -2.48. The molecular formula is C18H30O. The third kappa shape index (κ3) is 2.37. The summed E-state index contributed by atoms with van der Waals surface area (Å²) in [5, 5.41) is 10.7. The molecule has 0 radical (unpaired) electrons. The molecular weight excluding hydrogens is 232 g/mol. The van der Waals surface area contributed by atoms with E-state index in [4.69, 9.17) is 0 Å². The van der Waals surface area contributed by atoms with E-state index in [-0.39, 0.29) is 6.10 Å². The highest BCUT2D eigenvalue weighted by Crippen LogP contribution is 2.62. The van der Waals surface area contributed by atoms with E-state index in [0.717, 1.165) is 24.2 Å². The maximum Gasteiger partial charge on any atom is 0.0573 e. The molecule has 5 rings (SSSR count). The molecule has 1 heteroatoms. The first-order chi connectivity index (χ1) is 9.22. The Hall–Kier alpha value is -0.0400. The van der Waals surface area contributed by atoms with Crippen molar-refractivity contribution in [2.75, 3.05) is 0 Å². The van der Waals surface area contributed by atoms with Crippen LogP contribution in [0.4, 0.5) is 0 Å². The topological polar surface area (TPSA) is 20.2 Å². The molecule has 1 unspecified atom stereocenters. The second kappa shape index (κ2) is 4.76. The average Bonchev–Trinajstić information content (AvgIpc) is 2.37. The Bertz CT molecular complexity index is 293. The summed E-state index contributed by atoms with van der Waals surface area (Å²) in [4.78, 5) is 0. The maximum absolute atomic E-state index is 10.7. The lowest BCUT2D eigenvalue weighted by atomic mass is 9.48. The molecule has 0 aromatic carbocycles. The van der Waals surface area contributed by atoms with Crippen molar-refractivity contribution >= 4 is 0 Å². The van der Waals surface area contributed by atoms with E-state index in [9.17, 15) is 5.11 Å². The summed E-state index contributed by atoms with van der Waals surface area (Å²) in [6, 6.07) is 0. The van der Waals surface area contributed by atoms with E-state index >= 15 is 0 Å². The standard InChI is InChI=1S/C18H30O/c19-17(16-4-2-1-3-5-16)12-18-9-13-6-14(10-18)8-15(7-13)11-18/h13-17,19H,1-12H2. The van der Waals surface area contributed by atoms with Crippen molar-refractivity contribution in [3.05, 3.63) is 0 Å². The second-order valence-electron chi connectivity index (χ2n) is 8.59. The van der Waals surface area contributed by atoms with Crippen LogP contribution < -0.4 is 0 Å². The molecule has 1 nitrogen and oxygen atoms in total. The fourth-order valence-corrected chi connectivity index (χ4v) is 6.67. The monoisotopic (exact) mass is 262 g/mol. The minimum absolute atomic E-state index is 0.0246. The Morgan fingerprint density at radius 1 is 0.842 bits per heavy atom. The molecule has 0 spiro atoms. The molecule has 5 aliphatic rings. The van der Waals surface area contributed by atoms with E-state index in [0.29, 0.717) is 11.3 Å². The van der Waals surface area contributed by atoms with Gasteiger partial charge in [-0.15, -0.1) is 0 Å². The molecule has 0 heterocycles. The number of aliphatic hydroxyl groups is 1. The van der Waals surface area contributed by atoms with Crippen molar-refractivity contribution in [1.82, 2.24) is 0 Å². The summed E-state index contributed by atoms with van der Waals surface area (Å²) in [6.07, 6.45) is 16.9. The Kier molecular flexibility index (Phi) is 3.17. The van der Waals surface area contributed by atoms with Crippen molar-refractivity contribution in [1.29, 1.82) is 0 Å². The zero-order valence-corrected chi connectivity index (χ0v) is 12.3. The first-order valence-corrected chi connectivity index (χ1v) is 8.90. The van der Waals surface area contributed by atoms with E-state index in [2.05, 4.69) is 0 Å². The Labute approximate surface area is 118 Å². The molecule has 0 aromatic heterocycles. The average molecular weight is 262 g/mol. The van der Waals surface area contributed by atoms with Crippen molar-refractivity contribution < 1.29 is 5.11 Å². The van der Waals surface area contributed by atoms with Crippen LogP contribution in [0.1, 0.15) is 77.0 Å². The van der Waals surface area contributed by atoms with E-state index in [1.807, 2.05) is 0 Å². The van der Waals surface area contributed by atoms with Gasteiger partial charge in [-0.2, -0.15) is 0 Å². The van der Waals surface area contributed by atoms with Crippen molar-refractivity contribution in [3.8, 4) is 0 Å². The third-order valence-corrected chi connectivity index (χ3v) is 7.00. The maximum atomic E-state index is 10.7. The van der Waals surface area contributed by atoms with Gasteiger partial charge in [0.15, 0.2) is 0 Å². The minimum Gasteiger partial charge on any atom is -0.393 e. The van der Waals surface area contributed by atoms with Gasteiger partial charge in [0.1, 0.15) is 0 Å². The van der Waals surface area contributed by atoms with Crippen LogP contribution in [0, 0.1) is 29.1 Å². The molecule has 5 saturated carbocycles. The SMILES string of the molecule is OC(CC12CC3CC(CC(C3)C1)C2)C1CCCCC1. The molecule has 0 aliphatic heterocycles. The van der Waals surface area contributed by atoms with Gasteiger partial charge in [0.25, 0.3) is 0 Å². The van der Waals surface area contributed by atoms with E-state index < -0.39 is 0 Å². The van der Waals surface area contributed by atoms with Crippen molar-refractivity contribution in [3.63, 3.8) is 0 Å². The summed E-state index contributed by atoms with van der Waals surface area (Å²) in [7, 11) is 0. The highest BCUT2D eigenvalue weighted by atomic mass is 16.3. The third-order valence-electron chi connectivity index (χ3n) is 7.00. The summed E-state index contributed by atoms with van der Waals surface area (Å²) in [5.74, 6) is 3.74. The van der Waals surface area contributed by atoms with E-state index in [1.54, 1.807) is 0 Å². The lowest BCUT2D eigenvalue weighted by Gasteiger charge is -2.57. The second-order valence-corrected chi connectivity index (χ2v) is 8.59. The van der Waals surface area contributed by atoms with Gasteiger partial charge in [0, 0.05) is 0 Å². The summed E-state index contributed by atoms with van der Waals surface area (Å²) >= 11 is 0. The predicted molar refractivity (Wildman–Crippen MR) is 77.8 cm³/mol. The van der Waals surface area contributed by atoms with Gasteiger partial charge in [-0.1, -0.05) is 19.3 Å². The molecule has 5 fully saturated rings. The van der Waals surface area contributed by atoms with Gasteiger partial charge >= 0.3 is 0 Å². The van der Waals surface area contributed by atoms with Crippen LogP contribution in [0.15, 0.2) is 0 Å². The van der Waals surface area contributed by atoms with Crippen LogP contribution in [0.5, 0.6) is 0 Å². The highest BCUT2D eigenvalue weighted by molar-refractivity contribution is 5.02. The number of hydrogen-bond donors (Lipinski definition) is 1. The van der Waals surface area contributed by atoms with Gasteiger partial charge < -0.3 is 5.11 Å². The van der Waals surface area contributed by atoms with Crippen LogP contribution in [0.3, 0.4) is 0 Å². The molecule has 4 bridgehead atoms. The fraction of sp³-hybridized carbons (Fsp3) is 1.00. The first kappa shape index (κ1) is 12.7. The van der Waals surface area contributed by atoms with Gasteiger partial charge in [0.05, 0.1) is 6.10 Å². The quantitative estimate of drug-likeness (QED) is 0.792. The Morgan fingerprint density at radius 3 is 1.89 bits per heavy atom.